The average molecular weight is 290 g/mol. The number of nitrogens with zero attached hydrogens (tertiary/aromatic N) is 3. The normalized spacial score (nSPS) is 22.7. The molecule has 1 N–H and O–H groups in total. The van der Waals surface area contributed by atoms with Crippen molar-refractivity contribution in [1.82, 2.24) is 4.98 Å². The molecule has 0 spiro atoms. The van der Waals surface area contributed by atoms with Gasteiger partial charge in [-0.2, -0.15) is 0 Å². The van der Waals surface area contributed by atoms with E-state index in [1.54, 1.807) is 13.1 Å². The van der Waals surface area contributed by atoms with Gasteiger partial charge in [0.25, 0.3) is 5.69 Å². The summed E-state index contributed by atoms with van der Waals surface area (Å²) in [5, 5.41) is 14.0. The molecule has 3 rings (SSSR count). The van der Waals surface area contributed by atoms with Crippen LogP contribution in [0.2, 0.25) is 0 Å². The number of rotatable bonds is 4. The van der Waals surface area contributed by atoms with E-state index in [-0.39, 0.29) is 10.6 Å². The topological polar surface area (TPSA) is 71.3 Å². The quantitative estimate of drug-likeness (QED) is 0.681. The van der Waals surface area contributed by atoms with Crippen molar-refractivity contribution in [3.05, 3.63) is 22.2 Å². The van der Waals surface area contributed by atoms with Crippen molar-refractivity contribution >= 4 is 17.3 Å². The molecular formula is C15H22N4O2. The fourth-order valence-electron chi connectivity index (χ4n) is 3.79. The third-order valence-electron chi connectivity index (χ3n) is 4.80. The minimum atomic E-state index is -0.341. The van der Waals surface area contributed by atoms with Crippen LogP contribution in [0.25, 0.3) is 0 Å². The van der Waals surface area contributed by atoms with Crippen LogP contribution in [0.5, 0.6) is 0 Å². The first kappa shape index (κ1) is 14.1. The third kappa shape index (κ3) is 2.80. The number of pyridine rings is 1. The van der Waals surface area contributed by atoms with Gasteiger partial charge < -0.3 is 10.2 Å². The number of hydrogen-bond acceptors (Lipinski definition) is 5. The predicted octanol–water partition coefficient (Wildman–Crippen LogP) is 3.19. The van der Waals surface area contributed by atoms with E-state index in [1.807, 2.05) is 0 Å². The molecule has 1 aromatic heterocycles. The maximum atomic E-state index is 11.1. The minimum absolute atomic E-state index is 0.112. The largest absolute Gasteiger partial charge is 0.373 e. The fraction of sp³-hybridized carbons (Fsp3) is 0.667. The Bertz CT molecular complexity index is 528. The zero-order valence-electron chi connectivity index (χ0n) is 12.4. The lowest BCUT2D eigenvalue weighted by atomic mass is 9.96. The van der Waals surface area contributed by atoms with Gasteiger partial charge in [-0.1, -0.05) is 12.8 Å². The Hall–Kier alpha value is -1.85. The Labute approximate surface area is 124 Å². The summed E-state index contributed by atoms with van der Waals surface area (Å²) in [6.07, 6.45) is 7.55. The molecule has 6 heteroatoms. The van der Waals surface area contributed by atoms with Crippen LogP contribution < -0.4 is 10.2 Å². The first-order valence-corrected chi connectivity index (χ1v) is 7.80. The Kier molecular flexibility index (Phi) is 3.94. The van der Waals surface area contributed by atoms with E-state index in [1.165, 1.54) is 38.2 Å². The van der Waals surface area contributed by atoms with Gasteiger partial charge >= 0.3 is 0 Å². The second kappa shape index (κ2) is 5.87. The van der Waals surface area contributed by atoms with Gasteiger partial charge in [0.05, 0.1) is 17.1 Å². The van der Waals surface area contributed by atoms with Crippen molar-refractivity contribution in [3.8, 4) is 0 Å². The van der Waals surface area contributed by atoms with Crippen LogP contribution in [-0.4, -0.2) is 29.5 Å². The highest BCUT2D eigenvalue weighted by Gasteiger charge is 2.34. The molecule has 2 fully saturated rings. The molecule has 1 saturated heterocycles. The van der Waals surface area contributed by atoms with E-state index in [0.717, 1.165) is 24.7 Å². The molecular weight excluding hydrogens is 268 g/mol. The predicted molar refractivity (Wildman–Crippen MR) is 82.8 cm³/mol. The van der Waals surface area contributed by atoms with Gasteiger partial charge in [0.1, 0.15) is 11.6 Å². The van der Waals surface area contributed by atoms with Gasteiger partial charge in [-0.05, 0) is 31.6 Å². The third-order valence-corrected chi connectivity index (χ3v) is 4.80. The first-order chi connectivity index (χ1) is 10.2. The van der Waals surface area contributed by atoms with Gasteiger partial charge in [0, 0.05) is 19.6 Å². The van der Waals surface area contributed by atoms with Crippen LogP contribution in [0.3, 0.4) is 0 Å². The molecule has 21 heavy (non-hydrogen) atoms. The average Bonchev–Trinajstić information content (AvgIpc) is 3.16. The SMILES string of the molecule is CNc1cc([N+](=O)[O-])cc(N2CCCC2C2CCCC2)n1. The Morgan fingerprint density at radius 1 is 1.29 bits per heavy atom. The summed E-state index contributed by atoms with van der Waals surface area (Å²) in [7, 11) is 1.74. The minimum Gasteiger partial charge on any atom is -0.373 e. The molecule has 0 amide bonds. The van der Waals surface area contributed by atoms with Crippen LogP contribution >= 0.6 is 0 Å². The lowest BCUT2D eigenvalue weighted by molar-refractivity contribution is -0.384. The smallest absolute Gasteiger partial charge is 0.276 e. The molecule has 0 bridgehead atoms. The monoisotopic (exact) mass is 290 g/mol. The van der Waals surface area contributed by atoms with Crippen molar-refractivity contribution in [2.45, 2.75) is 44.6 Å². The maximum absolute atomic E-state index is 11.1. The van der Waals surface area contributed by atoms with Gasteiger partial charge in [0.15, 0.2) is 0 Å². The van der Waals surface area contributed by atoms with Gasteiger partial charge in [-0.15, -0.1) is 0 Å². The maximum Gasteiger partial charge on any atom is 0.276 e. The lowest BCUT2D eigenvalue weighted by Gasteiger charge is -2.30. The van der Waals surface area contributed by atoms with Crippen molar-refractivity contribution < 1.29 is 4.92 Å². The number of nitro groups is 1. The molecule has 1 saturated carbocycles. The zero-order chi connectivity index (χ0) is 14.8. The van der Waals surface area contributed by atoms with E-state index < -0.39 is 0 Å². The number of nitrogens with one attached hydrogen (secondary N) is 1. The molecule has 1 unspecified atom stereocenters. The van der Waals surface area contributed by atoms with Crippen LogP contribution in [0.15, 0.2) is 12.1 Å². The van der Waals surface area contributed by atoms with E-state index in [4.69, 9.17) is 0 Å². The molecule has 1 aliphatic carbocycles. The van der Waals surface area contributed by atoms with Crippen molar-refractivity contribution in [2.24, 2.45) is 5.92 Å². The second-order valence-electron chi connectivity index (χ2n) is 6.02. The van der Waals surface area contributed by atoms with Gasteiger partial charge in [-0.3, -0.25) is 10.1 Å². The standard InChI is InChI=1S/C15H22N4O2/c1-16-14-9-12(19(20)21)10-15(17-14)18-8-4-7-13(18)11-5-2-3-6-11/h9-11,13H,2-8H2,1H3,(H,16,17). The second-order valence-corrected chi connectivity index (χ2v) is 6.02. The Balaban J connectivity index is 1.90. The summed E-state index contributed by atoms with van der Waals surface area (Å²) >= 11 is 0. The molecule has 2 heterocycles. The zero-order valence-corrected chi connectivity index (χ0v) is 12.4. The van der Waals surface area contributed by atoms with Crippen LogP contribution in [0.1, 0.15) is 38.5 Å². The van der Waals surface area contributed by atoms with Gasteiger partial charge in [-0.25, -0.2) is 4.98 Å². The van der Waals surface area contributed by atoms with E-state index in [0.29, 0.717) is 11.9 Å². The Morgan fingerprint density at radius 2 is 2.05 bits per heavy atom. The summed E-state index contributed by atoms with van der Waals surface area (Å²) in [4.78, 5) is 17.6. The highest BCUT2D eigenvalue weighted by Crippen LogP contribution is 2.38. The fourth-order valence-corrected chi connectivity index (χ4v) is 3.79. The van der Waals surface area contributed by atoms with E-state index in [9.17, 15) is 10.1 Å². The first-order valence-electron chi connectivity index (χ1n) is 7.80. The molecule has 1 aromatic rings. The van der Waals surface area contributed by atoms with Crippen LogP contribution in [0, 0.1) is 16.0 Å². The van der Waals surface area contributed by atoms with Crippen molar-refractivity contribution in [3.63, 3.8) is 0 Å². The summed E-state index contributed by atoms with van der Waals surface area (Å²) in [6, 6.07) is 3.62. The molecule has 2 aliphatic rings. The molecule has 0 radical (unpaired) electrons. The molecule has 1 atom stereocenters. The molecule has 6 nitrogen and oxygen atoms in total. The van der Waals surface area contributed by atoms with Crippen molar-refractivity contribution in [2.75, 3.05) is 23.8 Å². The lowest BCUT2D eigenvalue weighted by Crippen LogP contribution is -2.35. The Morgan fingerprint density at radius 3 is 2.71 bits per heavy atom. The summed E-state index contributed by atoms with van der Waals surface area (Å²) in [5.41, 5.74) is 0.112. The highest BCUT2D eigenvalue weighted by molar-refractivity contribution is 5.56. The van der Waals surface area contributed by atoms with E-state index in [2.05, 4.69) is 15.2 Å². The van der Waals surface area contributed by atoms with Crippen LogP contribution in [0.4, 0.5) is 17.3 Å². The molecule has 1 aliphatic heterocycles. The number of aromatic nitrogens is 1. The summed E-state index contributed by atoms with van der Waals surface area (Å²) in [6.45, 7) is 0.957. The van der Waals surface area contributed by atoms with E-state index >= 15 is 0 Å². The summed E-state index contributed by atoms with van der Waals surface area (Å²) < 4.78 is 0. The molecule has 0 aromatic carbocycles. The van der Waals surface area contributed by atoms with Crippen molar-refractivity contribution in [1.29, 1.82) is 0 Å². The summed E-state index contributed by atoms with van der Waals surface area (Å²) in [5.74, 6) is 2.05. The number of anilines is 2. The number of hydrogen-bond donors (Lipinski definition) is 1. The van der Waals surface area contributed by atoms with Crippen LogP contribution in [-0.2, 0) is 0 Å². The highest BCUT2D eigenvalue weighted by atomic mass is 16.6. The van der Waals surface area contributed by atoms with Gasteiger partial charge in [0.2, 0.25) is 0 Å². The molecule has 114 valence electrons.